The van der Waals surface area contributed by atoms with E-state index < -0.39 is 26.3 Å². The van der Waals surface area contributed by atoms with Gasteiger partial charge in [0, 0.05) is 69.8 Å². The second-order valence-corrected chi connectivity index (χ2v) is 23.8. The Morgan fingerprint density at radius 1 is 1.05 bits per heavy atom. The summed E-state index contributed by atoms with van der Waals surface area (Å²) in [5, 5.41) is 12.1. The maximum atomic E-state index is 13.1. The molecule has 4 aliphatic rings. The summed E-state index contributed by atoms with van der Waals surface area (Å²) in [5.41, 5.74) is 5.00. The van der Waals surface area contributed by atoms with E-state index in [1.807, 2.05) is 19.9 Å². The SMILES string of the molecule is Cc1c(Cl)c2c(Cl)c(C)c1-c1c(C3=CCCC3)sc3ncnc(c13)O[C@@H](C(=O)O)Cc1cc(ccc1OCOCC[Si](C)(C)C)OC[C@@H](CN1CCN(C)CC1)O2. The summed E-state index contributed by atoms with van der Waals surface area (Å²) in [5.74, 6) is 0.424. The number of benzene rings is 2. The molecular weight excluding hydrogens is 804 g/mol. The molecule has 0 saturated carbocycles. The van der Waals surface area contributed by atoms with Crippen LogP contribution in [0.2, 0.25) is 35.7 Å². The number of hydrogen-bond donors (Lipinski definition) is 1. The van der Waals surface area contributed by atoms with Crippen molar-refractivity contribution in [2.24, 2.45) is 0 Å². The minimum absolute atomic E-state index is 0.0259. The van der Waals surface area contributed by atoms with Gasteiger partial charge >= 0.3 is 5.97 Å². The van der Waals surface area contributed by atoms with Gasteiger partial charge in [-0.15, -0.1) is 11.3 Å². The molecule has 0 amide bonds. The van der Waals surface area contributed by atoms with E-state index in [4.69, 9.17) is 46.9 Å². The number of carbonyl (C=O) groups is 1. The largest absolute Gasteiger partial charge is 0.490 e. The van der Waals surface area contributed by atoms with Gasteiger partial charge in [0.05, 0.1) is 15.4 Å². The van der Waals surface area contributed by atoms with Crippen molar-refractivity contribution < 1.29 is 33.6 Å². The van der Waals surface area contributed by atoms with Crippen LogP contribution in [0, 0.1) is 13.8 Å². The van der Waals surface area contributed by atoms with Gasteiger partial charge < -0.3 is 33.7 Å². The highest BCUT2D eigenvalue weighted by Gasteiger charge is 2.32. The van der Waals surface area contributed by atoms with Crippen LogP contribution >= 0.6 is 34.5 Å². The number of allylic oxidation sites excluding steroid dienone is 2. The third-order valence-corrected chi connectivity index (χ3v) is 14.7. The number of carboxylic acid groups (broad SMARTS) is 1. The topological polar surface area (TPSA) is 116 Å². The van der Waals surface area contributed by atoms with Gasteiger partial charge in [-0.2, -0.15) is 0 Å². The highest BCUT2D eigenvalue weighted by atomic mass is 35.5. The molecule has 5 heterocycles. The van der Waals surface area contributed by atoms with E-state index in [-0.39, 0.29) is 25.7 Å². The van der Waals surface area contributed by atoms with Crippen molar-refractivity contribution in [1.82, 2.24) is 19.8 Å². The van der Waals surface area contributed by atoms with Crippen LogP contribution in [0.5, 0.6) is 23.1 Å². The lowest BCUT2D eigenvalue weighted by molar-refractivity contribution is -0.145. The smallest absolute Gasteiger partial charge is 0.345 e. The van der Waals surface area contributed by atoms with E-state index in [1.165, 1.54) is 23.2 Å². The van der Waals surface area contributed by atoms with Crippen LogP contribution in [-0.4, -0.2) is 111 Å². The minimum Gasteiger partial charge on any atom is -0.490 e. The minimum atomic E-state index is -1.34. The fourth-order valence-corrected chi connectivity index (χ4v) is 10.0. The van der Waals surface area contributed by atoms with Crippen molar-refractivity contribution in [3.8, 4) is 34.3 Å². The van der Waals surface area contributed by atoms with Gasteiger partial charge in [-0.25, -0.2) is 14.8 Å². The number of halogens is 2. The predicted molar refractivity (Wildman–Crippen MR) is 230 cm³/mol. The molecule has 3 aliphatic heterocycles. The first-order valence-electron chi connectivity index (χ1n) is 19.7. The van der Waals surface area contributed by atoms with Gasteiger partial charge in [0.1, 0.15) is 35.4 Å². The molecule has 57 heavy (non-hydrogen) atoms. The van der Waals surface area contributed by atoms with Crippen molar-refractivity contribution in [1.29, 1.82) is 0 Å². The average molecular weight is 856 g/mol. The Morgan fingerprint density at radius 2 is 1.81 bits per heavy atom. The zero-order valence-corrected chi connectivity index (χ0v) is 36.9. The molecule has 1 fully saturated rings. The van der Waals surface area contributed by atoms with E-state index in [0.717, 1.165) is 78.6 Å². The average Bonchev–Trinajstić information content (AvgIpc) is 3.84. The molecule has 0 spiro atoms. The number of hydrogen-bond acceptors (Lipinski definition) is 11. The second kappa shape index (κ2) is 17.8. The maximum Gasteiger partial charge on any atom is 0.345 e. The molecule has 2 aromatic heterocycles. The number of nitrogens with zero attached hydrogens (tertiary/aromatic N) is 4. The van der Waals surface area contributed by atoms with Crippen molar-refractivity contribution >= 4 is 64.4 Å². The number of carboxylic acids is 1. The number of fused-ring (bicyclic) bond motifs is 7. The van der Waals surface area contributed by atoms with Crippen LogP contribution in [0.3, 0.4) is 0 Å². The molecular formula is C42H52Cl2N4O7SSi. The monoisotopic (exact) mass is 854 g/mol. The van der Waals surface area contributed by atoms with Gasteiger partial charge in [0.25, 0.3) is 0 Å². The number of piperazine rings is 1. The molecule has 4 aromatic rings. The number of likely N-dealkylation sites (N-methyl/N-ethyl adjacent to an activating group) is 1. The Balaban J connectivity index is 1.36. The number of rotatable bonds is 10. The number of thiophene rings is 1. The van der Waals surface area contributed by atoms with Crippen molar-refractivity contribution in [2.75, 3.05) is 59.8 Å². The highest BCUT2D eigenvalue weighted by Crippen LogP contribution is 2.53. The molecule has 306 valence electrons. The molecule has 0 radical (unpaired) electrons. The lowest BCUT2D eigenvalue weighted by Gasteiger charge is -2.35. The van der Waals surface area contributed by atoms with E-state index in [1.54, 1.807) is 12.1 Å². The number of aromatic nitrogens is 2. The zero-order valence-electron chi connectivity index (χ0n) is 33.6. The predicted octanol–water partition coefficient (Wildman–Crippen LogP) is 9.00. The third-order valence-electron chi connectivity index (χ3n) is 10.9. The van der Waals surface area contributed by atoms with Crippen LogP contribution < -0.4 is 18.9 Å². The fraction of sp³-hybridized carbons (Fsp3) is 0.500. The molecule has 0 unspecified atom stereocenters. The quantitative estimate of drug-likeness (QED) is 0.0937. The van der Waals surface area contributed by atoms with Crippen LogP contribution in [0.1, 0.15) is 40.8 Å². The summed E-state index contributed by atoms with van der Waals surface area (Å²) >= 11 is 16.2. The fourth-order valence-electron chi connectivity index (χ4n) is 7.55. The molecule has 1 saturated heterocycles. The molecule has 8 rings (SSSR count). The number of ether oxygens (including phenoxy) is 5. The van der Waals surface area contributed by atoms with Gasteiger partial charge in [-0.05, 0) is 86.7 Å². The Bertz CT molecular complexity index is 2120. The van der Waals surface area contributed by atoms with Crippen molar-refractivity contribution in [2.45, 2.75) is 77.4 Å². The summed E-state index contributed by atoms with van der Waals surface area (Å²) in [6.07, 6.45) is 4.76. The van der Waals surface area contributed by atoms with E-state index >= 15 is 0 Å². The third kappa shape index (κ3) is 9.56. The van der Waals surface area contributed by atoms with Gasteiger partial charge in [0.15, 0.2) is 12.5 Å². The maximum absolute atomic E-state index is 13.1. The van der Waals surface area contributed by atoms with E-state index in [9.17, 15) is 9.90 Å². The number of aliphatic carboxylic acids is 1. The molecule has 15 heteroatoms. The van der Waals surface area contributed by atoms with Crippen LogP contribution in [0.15, 0.2) is 30.6 Å². The molecule has 2 atom stereocenters. The Morgan fingerprint density at radius 3 is 2.49 bits per heavy atom. The Kier molecular flexibility index (Phi) is 13.0. The summed E-state index contributed by atoms with van der Waals surface area (Å²) in [6, 6.07) is 6.40. The molecule has 4 bridgehead atoms. The molecule has 1 N–H and O–H groups in total. The summed E-state index contributed by atoms with van der Waals surface area (Å²) < 4.78 is 31.8. The van der Waals surface area contributed by atoms with Crippen molar-refractivity contribution in [3.63, 3.8) is 0 Å². The van der Waals surface area contributed by atoms with Crippen LogP contribution in [0.25, 0.3) is 26.9 Å². The summed E-state index contributed by atoms with van der Waals surface area (Å²) in [7, 11) is 0.830. The lowest BCUT2D eigenvalue weighted by Crippen LogP contribution is -2.49. The summed E-state index contributed by atoms with van der Waals surface area (Å²) in [6.45, 7) is 15.9. The van der Waals surface area contributed by atoms with Crippen molar-refractivity contribution in [3.05, 3.63) is 62.2 Å². The Hall–Kier alpha value is -3.43. The Labute approximate surface area is 349 Å². The van der Waals surface area contributed by atoms with Crippen LogP contribution in [-0.2, 0) is 16.0 Å². The van der Waals surface area contributed by atoms with Gasteiger partial charge in [0.2, 0.25) is 12.0 Å². The first kappa shape index (κ1) is 41.7. The molecule has 2 aromatic carbocycles. The lowest BCUT2D eigenvalue weighted by atomic mass is 9.91. The first-order chi connectivity index (χ1) is 27.3. The van der Waals surface area contributed by atoms with E-state index in [2.05, 4.69) is 52.5 Å². The summed E-state index contributed by atoms with van der Waals surface area (Å²) in [4.78, 5) is 28.7. The molecule has 1 aliphatic carbocycles. The molecule has 11 nitrogen and oxygen atoms in total. The van der Waals surface area contributed by atoms with Gasteiger partial charge in [-0.1, -0.05) is 48.9 Å². The van der Waals surface area contributed by atoms with Crippen LogP contribution in [0.4, 0.5) is 0 Å². The standard InChI is InChI=1S/C42H52Cl2N4O7SSi/c1-25-33-26(2)37(44)38(36(25)43)54-30(21-48-15-13-47(3)14-16-48)22-52-29-11-12-31(53-24-51-17-18-57(4,5)6)28(19-29)20-32(42(49)50)55-40-35-34(33)39(27-9-7-8-10-27)56-41(35)46-23-45-40/h9,11-12,19,23,30,32H,7-8,10,13-18,20-22,24H2,1-6H3,(H,49,50)/t30-,32-/m1/s1. The first-order valence-corrected chi connectivity index (χ1v) is 24.9. The highest BCUT2D eigenvalue weighted by molar-refractivity contribution is 7.20. The second-order valence-electron chi connectivity index (χ2n) is 16.4. The normalized spacial score (nSPS) is 19.5. The van der Waals surface area contributed by atoms with E-state index in [0.29, 0.717) is 56.2 Å². The van der Waals surface area contributed by atoms with Gasteiger partial charge in [-0.3, -0.25) is 4.90 Å². The zero-order chi connectivity index (χ0) is 40.4.